The van der Waals surface area contributed by atoms with E-state index in [1.54, 1.807) is 6.08 Å². The van der Waals surface area contributed by atoms with E-state index in [4.69, 9.17) is 18.9 Å². The third-order valence-electron chi connectivity index (χ3n) is 7.69. The average Bonchev–Trinajstić information content (AvgIpc) is 3.13. The van der Waals surface area contributed by atoms with Crippen molar-refractivity contribution in [1.82, 2.24) is 0 Å². The summed E-state index contributed by atoms with van der Waals surface area (Å²) in [5.41, 5.74) is 8.46. The Hall–Kier alpha value is -5.91. The van der Waals surface area contributed by atoms with Crippen molar-refractivity contribution in [1.29, 1.82) is 0 Å². The molecule has 4 aromatic carbocycles. The molecule has 0 fully saturated rings. The molecule has 50 heavy (non-hydrogen) atoms. The van der Waals surface area contributed by atoms with E-state index >= 15 is 0 Å². The summed E-state index contributed by atoms with van der Waals surface area (Å²) in [5, 5.41) is 0. The van der Waals surface area contributed by atoms with E-state index in [-0.39, 0.29) is 0 Å². The molecule has 0 aliphatic carbocycles. The van der Waals surface area contributed by atoms with Crippen LogP contribution in [0.25, 0.3) is 11.1 Å². The molecule has 0 radical (unpaired) electrons. The van der Waals surface area contributed by atoms with E-state index in [1.165, 1.54) is 22.8 Å². The average molecular weight is 665 g/mol. The minimum Gasteiger partial charge on any atom is -0.494 e. The van der Waals surface area contributed by atoms with E-state index in [2.05, 4.69) is 93.7 Å². The lowest BCUT2D eigenvalue weighted by molar-refractivity contribution is -0.137. The second kappa shape index (κ2) is 19.8. The zero-order chi connectivity index (χ0) is 35.6. The van der Waals surface area contributed by atoms with E-state index in [1.807, 2.05) is 48.5 Å². The molecule has 0 unspecified atom stereocenters. The van der Waals surface area contributed by atoms with Crippen LogP contribution in [0.3, 0.4) is 0 Å². The van der Waals surface area contributed by atoms with Crippen LogP contribution in [0.2, 0.25) is 0 Å². The molecule has 254 valence electrons. The molecule has 0 atom stereocenters. The largest absolute Gasteiger partial charge is 0.494 e. The van der Waals surface area contributed by atoms with Gasteiger partial charge in [-0.2, -0.15) is 0 Å². The predicted octanol–water partition coefficient (Wildman–Crippen LogP) is 9.53. The van der Waals surface area contributed by atoms with Crippen molar-refractivity contribution >= 4 is 5.97 Å². The predicted molar refractivity (Wildman–Crippen MR) is 202 cm³/mol. The number of ether oxygens (including phenoxy) is 4. The number of unbranched alkanes of at least 4 members (excludes halogenated alkanes) is 2. The molecule has 0 aliphatic heterocycles. The zero-order valence-corrected chi connectivity index (χ0v) is 29.1. The van der Waals surface area contributed by atoms with Crippen LogP contribution in [0.1, 0.15) is 59.1 Å². The molecule has 0 spiro atoms. The number of esters is 1. The third-order valence-corrected chi connectivity index (χ3v) is 7.69. The number of hydrogen-bond acceptors (Lipinski definition) is 5. The molecule has 0 aliphatic rings. The summed E-state index contributed by atoms with van der Waals surface area (Å²) in [5.74, 6) is 14.9. The van der Waals surface area contributed by atoms with Gasteiger partial charge < -0.3 is 18.9 Å². The van der Waals surface area contributed by atoms with E-state index in [0.29, 0.717) is 32.2 Å². The number of carbonyl (C=O) groups excluding carboxylic acids is 1. The second-order valence-electron chi connectivity index (χ2n) is 11.6. The fourth-order valence-electron chi connectivity index (χ4n) is 4.93. The summed E-state index contributed by atoms with van der Waals surface area (Å²) in [6.07, 6.45) is 6.09. The number of benzene rings is 4. The first kappa shape index (κ1) is 36.9. The van der Waals surface area contributed by atoms with Gasteiger partial charge in [0.2, 0.25) is 0 Å². The lowest BCUT2D eigenvalue weighted by atomic mass is 9.94. The van der Waals surface area contributed by atoms with Gasteiger partial charge in [0.25, 0.3) is 0 Å². The molecular formula is C45H44O5. The number of allylic oxidation sites excluding steroid dienone is 1. The van der Waals surface area contributed by atoms with Gasteiger partial charge in [0.05, 0.1) is 26.4 Å². The fraction of sp³-hybridized carbons (Fsp3) is 0.222. The molecule has 5 heteroatoms. The summed E-state index contributed by atoms with van der Waals surface area (Å²) in [7, 11) is 0. The normalized spacial score (nSPS) is 10.0. The Morgan fingerprint density at radius 3 is 1.38 bits per heavy atom. The molecule has 0 saturated heterocycles. The molecule has 0 N–H and O–H groups in total. The van der Waals surface area contributed by atoms with Crippen molar-refractivity contribution in [3.8, 4) is 46.3 Å². The highest BCUT2D eigenvalue weighted by Crippen LogP contribution is 2.28. The van der Waals surface area contributed by atoms with Crippen LogP contribution in [-0.4, -0.2) is 32.4 Å². The second-order valence-corrected chi connectivity index (χ2v) is 11.6. The summed E-state index contributed by atoms with van der Waals surface area (Å²) >= 11 is 0. The Morgan fingerprint density at radius 1 is 0.560 bits per heavy atom. The lowest BCUT2D eigenvalue weighted by Crippen LogP contribution is -2.04. The molecule has 5 nitrogen and oxygen atoms in total. The molecule has 0 saturated carbocycles. The van der Waals surface area contributed by atoms with Gasteiger partial charge in [0.1, 0.15) is 17.3 Å². The van der Waals surface area contributed by atoms with Gasteiger partial charge in [0.15, 0.2) is 0 Å². The van der Waals surface area contributed by atoms with Gasteiger partial charge in [-0.25, -0.2) is 4.79 Å². The molecular weight excluding hydrogens is 620 g/mol. The lowest BCUT2D eigenvalue weighted by Gasteiger charge is -2.10. The summed E-state index contributed by atoms with van der Waals surface area (Å²) in [4.78, 5) is 11.1. The fourth-order valence-corrected chi connectivity index (χ4v) is 4.93. The van der Waals surface area contributed by atoms with Crippen LogP contribution in [0.15, 0.2) is 123 Å². The highest BCUT2D eigenvalue weighted by molar-refractivity contribution is 5.81. The minimum atomic E-state index is -0.399. The van der Waals surface area contributed by atoms with Gasteiger partial charge in [-0.3, -0.25) is 0 Å². The Balaban J connectivity index is 1.27. The highest BCUT2D eigenvalue weighted by atomic mass is 16.5. The van der Waals surface area contributed by atoms with Crippen LogP contribution in [-0.2, 0) is 14.3 Å². The summed E-state index contributed by atoms with van der Waals surface area (Å²) < 4.78 is 22.0. The standard InChI is InChI=1S/C45H44O5/c1-6-36(5)47-28-8-9-29-48-41-22-16-37(17-23-41)12-14-39-20-26-43(34(3)32-39)44-27-21-40(33-35(44)4)15-13-38-18-24-42(25-19-38)49-30-10-11-31-50-45(46)7-2/h6-7,16-27,32-33H,1-2,5,8-11,28-31H2,3-4H3. The van der Waals surface area contributed by atoms with E-state index in [9.17, 15) is 4.79 Å². The molecule has 4 rings (SSSR count). The minimum absolute atomic E-state index is 0.367. The topological polar surface area (TPSA) is 54.0 Å². The zero-order valence-electron chi connectivity index (χ0n) is 29.1. The number of hydrogen-bond donors (Lipinski definition) is 0. The van der Waals surface area contributed by atoms with Crippen LogP contribution < -0.4 is 9.47 Å². The van der Waals surface area contributed by atoms with Crippen molar-refractivity contribution in [2.24, 2.45) is 0 Å². The van der Waals surface area contributed by atoms with Crippen LogP contribution >= 0.6 is 0 Å². The van der Waals surface area contributed by atoms with Gasteiger partial charge in [0, 0.05) is 28.3 Å². The van der Waals surface area contributed by atoms with Crippen molar-refractivity contribution in [2.75, 3.05) is 26.4 Å². The highest BCUT2D eigenvalue weighted by Gasteiger charge is 2.07. The first-order valence-electron chi connectivity index (χ1n) is 16.8. The number of carbonyl (C=O) groups is 1. The van der Waals surface area contributed by atoms with Crippen molar-refractivity contribution in [2.45, 2.75) is 39.5 Å². The van der Waals surface area contributed by atoms with Crippen molar-refractivity contribution < 1.29 is 23.7 Å². The maximum atomic E-state index is 11.1. The molecule has 4 aromatic rings. The van der Waals surface area contributed by atoms with E-state index < -0.39 is 5.97 Å². The monoisotopic (exact) mass is 664 g/mol. The van der Waals surface area contributed by atoms with Crippen LogP contribution in [0, 0.1) is 37.5 Å². The first-order chi connectivity index (χ1) is 24.3. The molecule has 0 aromatic heterocycles. The number of aryl methyl sites for hydroxylation is 2. The Labute approximate surface area is 297 Å². The quantitative estimate of drug-likeness (QED) is 0.0298. The maximum absolute atomic E-state index is 11.1. The van der Waals surface area contributed by atoms with Gasteiger partial charge in [-0.1, -0.05) is 55.6 Å². The van der Waals surface area contributed by atoms with Crippen LogP contribution in [0.4, 0.5) is 0 Å². The third kappa shape index (κ3) is 12.3. The van der Waals surface area contributed by atoms with E-state index in [0.717, 1.165) is 65.0 Å². The Bertz CT molecular complexity index is 1750. The van der Waals surface area contributed by atoms with Crippen molar-refractivity contribution in [3.63, 3.8) is 0 Å². The smallest absolute Gasteiger partial charge is 0.330 e. The first-order valence-corrected chi connectivity index (χ1v) is 16.8. The Morgan fingerprint density at radius 2 is 0.960 bits per heavy atom. The SMILES string of the molecule is C=CC(=C)OCCCCOc1ccc(C#Cc2ccc(-c3ccc(C#Cc4ccc(OCCCCOC(=O)C=C)cc4)cc3C)c(C)c2)cc1. The van der Waals surface area contributed by atoms with Gasteiger partial charge in [-0.15, -0.1) is 0 Å². The molecule has 0 heterocycles. The summed E-state index contributed by atoms with van der Waals surface area (Å²) in [6.45, 7) is 17.1. The van der Waals surface area contributed by atoms with Gasteiger partial charge in [-0.05, 0) is 141 Å². The number of rotatable bonds is 16. The van der Waals surface area contributed by atoms with Crippen molar-refractivity contribution in [3.05, 3.63) is 156 Å². The van der Waals surface area contributed by atoms with Gasteiger partial charge >= 0.3 is 5.97 Å². The van der Waals surface area contributed by atoms with Crippen LogP contribution in [0.5, 0.6) is 11.5 Å². The maximum Gasteiger partial charge on any atom is 0.330 e. The summed E-state index contributed by atoms with van der Waals surface area (Å²) in [6, 6.07) is 28.3. The molecule has 0 amide bonds. The Kier molecular flexibility index (Phi) is 14.6. The molecule has 0 bridgehead atoms.